The molecule has 212 valence electrons. The number of fused-ring (bicyclic) bond motifs is 1. The molecule has 2 amide bonds. The van der Waals surface area contributed by atoms with Crippen LogP contribution in [-0.2, 0) is 23.9 Å². The Morgan fingerprint density at radius 2 is 1.59 bits per heavy atom. The van der Waals surface area contributed by atoms with Gasteiger partial charge in [-0.25, -0.2) is 9.59 Å². The molecule has 1 aliphatic heterocycles. The summed E-state index contributed by atoms with van der Waals surface area (Å²) >= 11 is 0. The number of likely N-dealkylation sites (N-methyl/N-ethyl adjacent to an activating group) is 2. The van der Waals surface area contributed by atoms with Gasteiger partial charge in [0.25, 0.3) is 5.91 Å². The molecule has 0 aliphatic carbocycles. The molecule has 41 heavy (non-hydrogen) atoms. The fourth-order valence-corrected chi connectivity index (χ4v) is 4.28. The standard InChI is InChI=1S/C31H32N4O6/c1-5-40-27(37)19-41-31(39)21-11-16-24-25(17-21)33-30(38)28(24)29(20-9-7-6-8-10-20)32-22-12-14-23(15-13-22)35(4)26(36)18-34(2)3/h6-17,32H,5,18-19H2,1-4H3,(H,33,38). The van der Waals surface area contributed by atoms with Crippen molar-refractivity contribution in [3.05, 3.63) is 89.5 Å². The third kappa shape index (κ3) is 6.98. The van der Waals surface area contributed by atoms with E-state index in [-0.39, 0.29) is 24.0 Å². The van der Waals surface area contributed by atoms with Gasteiger partial charge >= 0.3 is 11.9 Å². The molecule has 10 heteroatoms. The maximum atomic E-state index is 13.3. The van der Waals surface area contributed by atoms with Gasteiger partial charge in [0.05, 0.1) is 35.7 Å². The summed E-state index contributed by atoms with van der Waals surface area (Å²) in [6.07, 6.45) is 0. The Morgan fingerprint density at radius 1 is 0.878 bits per heavy atom. The van der Waals surface area contributed by atoms with E-state index in [1.807, 2.05) is 73.6 Å². The predicted molar refractivity (Wildman–Crippen MR) is 157 cm³/mol. The zero-order chi connectivity index (χ0) is 29.5. The normalized spacial score (nSPS) is 13.2. The highest BCUT2D eigenvalue weighted by Crippen LogP contribution is 2.38. The molecule has 1 heterocycles. The van der Waals surface area contributed by atoms with E-state index in [0.29, 0.717) is 34.8 Å². The monoisotopic (exact) mass is 556 g/mol. The van der Waals surface area contributed by atoms with Crippen LogP contribution in [0.2, 0.25) is 0 Å². The first kappa shape index (κ1) is 29.0. The summed E-state index contributed by atoms with van der Waals surface area (Å²) in [6.45, 7) is 1.64. The van der Waals surface area contributed by atoms with E-state index in [1.165, 1.54) is 6.07 Å². The number of benzene rings is 3. The van der Waals surface area contributed by atoms with Crippen molar-refractivity contribution in [1.82, 2.24) is 4.90 Å². The van der Waals surface area contributed by atoms with Crippen LogP contribution >= 0.6 is 0 Å². The molecular formula is C31H32N4O6. The topological polar surface area (TPSA) is 117 Å². The molecule has 10 nitrogen and oxygen atoms in total. The molecule has 0 radical (unpaired) electrons. The Morgan fingerprint density at radius 3 is 2.24 bits per heavy atom. The first-order valence-electron chi connectivity index (χ1n) is 13.0. The number of hydrogen-bond donors (Lipinski definition) is 2. The molecule has 0 saturated heterocycles. The van der Waals surface area contributed by atoms with Crippen LogP contribution in [0, 0.1) is 0 Å². The van der Waals surface area contributed by atoms with Gasteiger partial charge in [0.15, 0.2) is 6.61 Å². The Bertz CT molecular complexity index is 1480. The molecule has 0 atom stereocenters. The molecule has 0 bridgehead atoms. The maximum absolute atomic E-state index is 13.3. The summed E-state index contributed by atoms with van der Waals surface area (Å²) in [4.78, 5) is 53.2. The van der Waals surface area contributed by atoms with Gasteiger partial charge in [-0.1, -0.05) is 36.4 Å². The van der Waals surface area contributed by atoms with E-state index in [2.05, 4.69) is 10.6 Å². The zero-order valence-electron chi connectivity index (χ0n) is 23.4. The summed E-state index contributed by atoms with van der Waals surface area (Å²) in [7, 11) is 5.41. The van der Waals surface area contributed by atoms with Crippen LogP contribution in [0.5, 0.6) is 0 Å². The summed E-state index contributed by atoms with van der Waals surface area (Å²) in [5, 5.41) is 6.21. The average molecular weight is 557 g/mol. The lowest BCUT2D eigenvalue weighted by atomic mass is 9.99. The van der Waals surface area contributed by atoms with Gasteiger partial charge in [0, 0.05) is 24.0 Å². The van der Waals surface area contributed by atoms with Gasteiger partial charge in [-0.05, 0) is 63.0 Å². The lowest BCUT2D eigenvalue weighted by Crippen LogP contribution is -2.34. The van der Waals surface area contributed by atoms with Crippen molar-refractivity contribution in [2.24, 2.45) is 0 Å². The third-order valence-electron chi connectivity index (χ3n) is 6.29. The first-order chi connectivity index (χ1) is 19.7. The Hall–Kier alpha value is -4.96. The Balaban J connectivity index is 1.64. The number of nitrogens with zero attached hydrogens (tertiary/aromatic N) is 2. The molecule has 0 fully saturated rings. The van der Waals surface area contributed by atoms with Crippen molar-refractivity contribution in [2.45, 2.75) is 6.92 Å². The Labute approximate surface area is 238 Å². The lowest BCUT2D eigenvalue weighted by molar-refractivity contribution is -0.146. The number of nitrogens with one attached hydrogen (secondary N) is 2. The van der Waals surface area contributed by atoms with Gasteiger partial charge in [0.1, 0.15) is 0 Å². The Kier molecular flexibility index (Phi) is 9.15. The number of ether oxygens (including phenoxy) is 2. The van der Waals surface area contributed by atoms with Crippen molar-refractivity contribution >= 4 is 52.1 Å². The highest BCUT2D eigenvalue weighted by Gasteiger charge is 2.29. The number of hydrogen-bond acceptors (Lipinski definition) is 8. The smallest absolute Gasteiger partial charge is 0.344 e. The fourth-order valence-electron chi connectivity index (χ4n) is 4.28. The van der Waals surface area contributed by atoms with Crippen molar-refractivity contribution in [1.29, 1.82) is 0 Å². The second kappa shape index (κ2) is 12.9. The van der Waals surface area contributed by atoms with Crippen molar-refractivity contribution < 1.29 is 28.7 Å². The minimum atomic E-state index is -0.705. The highest BCUT2D eigenvalue weighted by atomic mass is 16.6. The predicted octanol–water partition coefficient (Wildman–Crippen LogP) is 3.86. The van der Waals surface area contributed by atoms with E-state index < -0.39 is 18.5 Å². The number of carbonyl (C=O) groups excluding carboxylic acids is 4. The molecule has 0 spiro atoms. The molecule has 1 aliphatic rings. The molecule has 0 aromatic heterocycles. The summed E-state index contributed by atoms with van der Waals surface area (Å²) < 4.78 is 9.82. The molecular weight excluding hydrogens is 524 g/mol. The SMILES string of the molecule is CCOC(=O)COC(=O)c1ccc2c(c1)NC(=O)C2=C(Nc1ccc(N(C)C(=O)CN(C)C)cc1)c1ccccc1. The second-order valence-electron chi connectivity index (χ2n) is 9.57. The van der Waals surface area contributed by atoms with Crippen LogP contribution in [0.25, 0.3) is 11.3 Å². The maximum Gasteiger partial charge on any atom is 0.344 e. The van der Waals surface area contributed by atoms with Gasteiger partial charge in [0.2, 0.25) is 5.91 Å². The molecule has 4 rings (SSSR count). The number of esters is 2. The minimum Gasteiger partial charge on any atom is -0.463 e. The van der Waals surface area contributed by atoms with E-state index >= 15 is 0 Å². The van der Waals surface area contributed by atoms with Crippen molar-refractivity contribution in [3.8, 4) is 0 Å². The molecule has 3 aromatic rings. The van der Waals surface area contributed by atoms with Crippen molar-refractivity contribution in [2.75, 3.05) is 56.4 Å². The minimum absolute atomic E-state index is 0.0359. The molecule has 3 aromatic carbocycles. The van der Waals surface area contributed by atoms with Crippen LogP contribution in [0.15, 0.2) is 72.8 Å². The second-order valence-corrected chi connectivity index (χ2v) is 9.57. The van der Waals surface area contributed by atoms with E-state index in [1.54, 1.807) is 31.0 Å². The van der Waals surface area contributed by atoms with Gasteiger partial charge in [-0.15, -0.1) is 0 Å². The quantitative estimate of drug-likeness (QED) is 0.286. The van der Waals surface area contributed by atoms with Gasteiger partial charge in [-0.3, -0.25) is 9.59 Å². The van der Waals surface area contributed by atoms with Crippen LogP contribution in [-0.4, -0.2) is 69.6 Å². The van der Waals surface area contributed by atoms with Crippen LogP contribution in [0.3, 0.4) is 0 Å². The van der Waals surface area contributed by atoms with Crippen molar-refractivity contribution in [3.63, 3.8) is 0 Å². The molecule has 0 saturated carbocycles. The highest BCUT2D eigenvalue weighted by molar-refractivity contribution is 6.37. The van der Waals surface area contributed by atoms with E-state index in [0.717, 1.165) is 11.3 Å². The van der Waals surface area contributed by atoms with Gasteiger partial charge in [-0.2, -0.15) is 0 Å². The van der Waals surface area contributed by atoms with Crippen LogP contribution in [0.1, 0.15) is 28.4 Å². The number of rotatable bonds is 10. The number of amides is 2. The third-order valence-corrected chi connectivity index (χ3v) is 6.29. The van der Waals surface area contributed by atoms with E-state index in [9.17, 15) is 19.2 Å². The molecule has 2 N–H and O–H groups in total. The number of anilines is 3. The lowest BCUT2D eigenvalue weighted by Gasteiger charge is -2.20. The number of carbonyl (C=O) groups is 4. The largest absolute Gasteiger partial charge is 0.463 e. The summed E-state index contributed by atoms with van der Waals surface area (Å²) in [6, 6.07) is 21.5. The summed E-state index contributed by atoms with van der Waals surface area (Å²) in [5.74, 6) is -1.72. The van der Waals surface area contributed by atoms with Crippen LogP contribution < -0.4 is 15.5 Å². The first-order valence-corrected chi connectivity index (χ1v) is 13.0. The van der Waals surface area contributed by atoms with Gasteiger partial charge < -0.3 is 29.9 Å². The average Bonchev–Trinajstić information content (AvgIpc) is 3.29. The fraction of sp³-hybridized carbons (Fsp3) is 0.226. The van der Waals surface area contributed by atoms with E-state index in [4.69, 9.17) is 9.47 Å². The zero-order valence-corrected chi connectivity index (χ0v) is 23.4. The summed E-state index contributed by atoms with van der Waals surface area (Å²) in [5.41, 5.74) is 4.45. The molecule has 0 unspecified atom stereocenters. The van der Waals surface area contributed by atoms with Crippen LogP contribution in [0.4, 0.5) is 17.1 Å².